The third-order valence-electron chi connectivity index (χ3n) is 6.05. The highest BCUT2D eigenvalue weighted by molar-refractivity contribution is 7.13. The summed E-state index contributed by atoms with van der Waals surface area (Å²) in [5.41, 5.74) is 1.58. The summed E-state index contributed by atoms with van der Waals surface area (Å²) >= 11 is 1.53. The number of aromatic nitrogens is 1. The molecule has 0 saturated carbocycles. The second-order valence-electron chi connectivity index (χ2n) is 8.01. The van der Waals surface area contributed by atoms with Gasteiger partial charge in [-0.1, -0.05) is 6.42 Å². The number of likely N-dealkylation sites (tertiary alicyclic amines) is 1. The number of hydrogen-bond donors (Lipinski definition) is 0. The van der Waals surface area contributed by atoms with E-state index < -0.39 is 0 Å². The molecule has 3 heterocycles. The lowest BCUT2D eigenvalue weighted by Gasteiger charge is -2.39. The lowest BCUT2D eigenvalue weighted by atomic mass is 10.1. The Bertz CT molecular complexity index is 814. The molecule has 29 heavy (non-hydrogen) atoms. The molecule has 0 unspecified atom stereocenters. The lowest BCUT2D eigenvalue weighted by Crippen LogP contribution is -2.52. The number of rotatable bonds is 4. The van der Waals surface area contributed by atoms with Crippen molar-refractivity contribution in [2.75, 3.05) is 53.4 Å². The van der Waals surface area contributed by atoms with Crippen molar-refractivity contribution in [2.24, 2.45) is 0 Å². The molecule has 6 nitrogen and oxygen atoms in total. The number of carbonyl (C=O) groups excluding carboxylic acids is 1. The summed E-state index contributed by atoms with van der Waals surface area (Å²) in [6.07, 6.45) is 3.45. The predicted octanol–water partition coefficient (Wildman–Crippen LogP) is 3.06. The minimum atomic E-state index is 0.0713. The monoisotopic (exact) mass is 414 g/mol. The number of benzene rings is 1. The van der Waals surface area contributed by atoms with Crippen molar-refractivity contribution in [3.8, 4) is 16.3 Å². The molecule has 1 aromatic carbocycles. The normalized spacial score (nSPS) is 21.7. The lowest BCUT2D eigenvalue weighted by molar-refractivity contribution is 0.0627. The van der Waals surface area contributed by atoms with E-state index in [1.807, 2.05) is 34.5 Å². The van der Waals surface area contributed by atoms with Crippen LogP contribution in [0.25, 0.3) is 10.6 Å². The first-order valence-electron chi connectivity index (χ1n) is 10.5. The Morgan fingerprint density at radius 3 is 2.59 bits per heavy atom. The van der Waals surface area contributed by atoms with Crippen molar-refractivity contribution < 1.29 is 9.53 Å². The molecule has 0 spiro atoms. The van der Waals surface area contributed by atoms with Crippen molar-refractivity contribution in [3.63, 3.8) is 0 Å². The van der Waals surface area contributed by atoms with E-state index in [0.717, 1.165) is 62.0 Å². The fraction of sp³-hybridized carbons (Fsp3) is 0.545. The van der Waals surface area contributed by atoms with Crippen molar-refractivity contribution in [1.29, 1.82) is 0 Å². The van der Waals surface area contributed by atoms with Crippen LogP contribution in [-0.4, -0.2) is 85.1 Å². The Kier molecular flexibility index (Phi) is 6.47. The number of amides is 1. The Morgan fingerprint density at radius 1 is 1.10 bits per heavy atom. The van der Waals surface area contributed by atoms with Crippen LogP contribution in [0.3, 0.4) is 0 Å². The topological polar surface area (TPSA) is 48.9 Å². The van der Waals surface area contributed by atoms with E-state index in [1.165, 1.54) is 24.2 Å². The Hall–Kier alpha value is -1.96. The van der Waals surface area contributed by atoms with Gasteiger partial charge in [-0.2, -0.15) is 0 Å². The number of piperazine rings is 1. The average molecular weight is 415 g/mol. The number of ether oxygens (including phenoxy) is 1. The summed E-state index contributed by atoms with van der Waals surface area (Å²) in [6, 6.07) is 8.29. The van der Waals surface area contributed by atoms with Gasteiger partial charge in [-0.25, -0.2) is 4.98 Å². The van der Waals surface area contributed by atoms with E-state index in [1.54, 1.807) is 7.11 Å². The van der Waals surface area contributed by atoms with Crippen LogP contribution in [0.15, 0.2) is 29.6 Å². The number of hydrogen-bond acceptors (Lipinski definition) is 6. The van der Waals surface area contributed by atoms with Crippen LogP contribution in [-0.2, 0) is 0 Å². The van der Waals surface area contributed by atoms with Crippen LogP contribution >= 0.6 is 11.3 Å². The smallest absolute Gasteiger partial charge is 0.273 e. The zero-order valence-corrected chi connectivity index (χ0v) is 18.2. The molecule has 2 aromatic rings. The minimum Gasteiger partial charge on any atom is -0.497 e. The summed E-state index contributed by atoms with van der Waals surface area (Å²) in [5, 5.41) is 2.78. The van der Waals surface area contributed by atoms with Crippen molar-refractivity contribution >= 4 is 17.2 Å². The van der Waals surface area contributed by atoms with E-state index in [9.17, 15) is 4.79 Å². The quantitative estimate of drug-likeness (QED) is 0.770. The van der Waals surface area contributed by atoms with Gasteiger partial charge in [-0.3, -0.25) is 9.69 Å². The molecular weight excluding hydrogens is 384 g/mol. The number of nitrogens with zero attached hydrogens (tertiary/aromatic N) is 4. The van der Waals surface area contributed by atoms with Gasteiger partial charge in [0.05, 0.1) is 7.11 Å². The van der Waals surface area contributed by atoms with Crippen LogP contribution in [0.5, 0.6) is 5.75 Å². The van der Waals surface area contributed by atoms with E-state index in [4.69, 9.17) is 4.74 Å². The molecular formula is C22H30N4O2S. The van der Waals surface area contributed by atoms with Gasteiger partial charge in [0.25, 0.3) is 5.91 Å². The molecule has 0 bridgehead atoms. The van der Waals surface area contributed by atoms with E-state index in [-0.39, 0.29) is 5.91 Å². The third-order valence-corrected chi connectivity index (χ3v) is 6.94. The molecule has 2 aliphatic heterocycles. The maximum Gasteiger partial charge on any atom is 0.273 e. The number of methoxy groups -OCH3 is 1. The molecule has 7 heteroatoms. The molecule has 1 amide bonds. The second-order valence-corrected chi connectivity index (χ2v) is 8.86. The van der Waals surface area contributed by atoms with Crippen LogP contribution < -0.4 is 4.74 Å². The molecule has 0 N–H and O–H groups in total. The number of thiazole rings is 1. The fourth-order valence-electron chi connectivity index (χ4n) is 4.19. The van der Waals surface area contributed by atoms with Crippen LogP contribution in [0.4, 0.5) is 0 Å². The first-order valence-corrected chi connectivity index (χ1v) is 11.3. The highest BCUT2D eigenvalue weighted by Crippen LogP contribution is 2.27. The van der Waals surface area contributed by atoms with E-state index >= 15 is 0 Å². The molecule has 2 fully saturated rings. The first kappa shape index (κ1) is 20.3. The maximum absolute atomic E-state index is 13.2. The summed E-state index contributed by atoms with van der Waals surface area (Å²) in [7, 11) is 3.84. The summed E-state index contributed by atoms with van der Waals surface area (Å²) < 4.78 is 5.22. The zero-order valence-electron chi connectivity index (χ0n) is 17.3. The Balaban J connectivity index is 1.44. The summed E-state index contributed by atoms with van der Waals surface area (Å²) in [6.45, 7) is 6.07. The molecule has 156 valence electrons. The van der Waals surface area contributed by atoms with E-state index in [2.05, 4.69) is 21.8 Å². The highest BCUT2D eigenvalue weighted by Gasteiger charge is 2.29. The molecule has 1 atom stereocenters. The third kappa shape index (κ3) is 4.79. The average Bonchev–Trinajstić information content (AvgIpc) is 3.12. The van der Waals surface area contributed by atoms with Crippen LogP contribution in [0.2, 0.25) is 0 Å². The number of carbonyl (C=O) groups is 1. The largest absolute Gasteiger partial charge is 0.497 e. The van der Waals surface area contributed by atoms with Crippen molar-refractivity contribution in [3.05, 3.63) is 35.3 Å². The van der Waals surface area contributed by atoms with Gasteiger partial charge >= 0.3 is 0 Å². The second kappa shape index (κ2) is 9.24. The molecule has 2 aliphatic rings. The van der Waals surface area contributed by atoms with Gasteiger partial charge in [0, 0.05) is 56.3 Å². The van der Waals surface area contributed by atoms with Crippen LogP contribution in [0.1, 0.15) is 29.8 Å². The molecule has 0 radical (unpaired) electrons. The highest BCUT2D eigenvalue weighted by atomic mass is 32.1. The Morgan fingerprint density at radius 2 is 1.86 bits per heavy atom. The molecule has 1 aromatic heterocycles. The van der Waals surface area contributed by atoms with Crippen molar-refractivity contribution in [2.45, 2.75) is 25.3 Å². The SMILES string of the molecule is COc1ccc(-c2nc(C(=O)N3CCCC[C@@H](N4CCN(C)CC4)C3)cs2)cc1. The number of likely N-dealkylation sites (N-methyl/N-ethyl adjacent to an activating group) is 1. The summed E-state index contributed by atoms with van der Waals surface area (Å²) in [5.74, 6) is 0.892. The molecule has 0 aliphatic carbocycles. The van der Waals surface area contributed by atoms with Gasteiger partial charge in [0.1, 0.15) is 16.5 Å². The van der Waals surface area contributed by atoms with Gasteiger partial charge in [0.15, 0.2) is 0 Å². The predicted molar refractivity (Wildman–Crippen MR) is 117 cm³/mol. The van der Waals surface area contributed by atoms with E-state index in [0.29, 0.717) is 11.7 Å². The van der Waals surface area contributed by atoms with Gasteiger partial charge in [-0.05, 0) is 44.2 Å². The zero-order chi connectivity index (χ0) is 20.2. The fourth-order valence-corrected chi connectivity index (χ4v) is 4.99. The maximum atomic E-state index is 13.2. The van der Waals surface area contributed by atoms with Crippen LogP contribution in [0, 0.1) is 0 Å². The Labute approximate surface area is 177 Å². The van der Waals surface area contributed by atoms with Gasteiger partial charge < -0.3 is 14.5 Å². The van der Waals surface area contributed by atoms with Crippen molar-refractivity contribution in [1.82, 2.24) is 19.7 Å². The van der Waals surface area contributed by atoms with Gasteiger partial charge in [-0.15, -0.1) is 11.3 Å². The minimum absolute atomic E-state index is 0.0713. The molecule has 2 saturated heterocycles. The van der Waals surface area contributed by atoms with Gasteiger partial charge in [0.2, 0.25) is 0 Å². The summed E-state index contributed by atoms with van der Waals surface area (Å²) in [4.78, 5) is 24.8. The first-order chi connectivity index (χ1) is 14.1. The molecule has 4 rings (SSSR count). The standard InChI is InChI=1S/C22H30N4O2S/c1-24-11-13-25(14-12-24)18-5-3-4-10-26(15-18)22(27)20-16-29-21(23-20)17-6-8-19(28-2)9-7-17/h6-9,16,18H,3-5,10-15H2,1-2H3/t18-/m1/s1.